The molecule has 0 saturated heterocycles. The minimum atomic E-state index is -3.57. The van der Waals surface area contributed by atoms with Crippen LogP contribution < -0.4 is 0 Å². The average Bonchev–Trinajstić information content (AvgIpc) is 2.35. The number of esters is 1. The number of sulfone groups is 1. The molecule has 0 spiro atoms. The van der Waals surface area contributed by atoms with Crippen molar-refractivity contribution in [2.24, 2.45) is 0 Å². The molecule has 0 bridgehead atoms. The van der Waals surface area contributed by atoms with Gasteiger partial charge in [0.05, 0.1) is 4.90 Å². The molecule has 1 rings (SSSR count). The first-order chi connectivity index (χ1) is 9.27. The first-order valence-electron chi connectivity index (χ1n) is 6.02. The van der Waals surface area contributed by atoms with Gasteiger partial charge in [-0.1, -0.05) is 17.7 Å². The number of hydrogen-bond donors (Lipinski definition) is 0. The molecule has 1 aromatic rings. The van der Waals surface area contributed by atoms with Crippen molar-refractivity contribution in [3.63, 3.8) is 0 Å². The number of carbonyl (C=O) groups is 1. The molecule has 4 nitrogen and oxygen atoms in total. The fourth-order valence-corrected chi connectivity index (χ4v) is 4.18. The molecule has 0 radical (unpaired) electrons. The highest BCUT2D eigenvalue weighted by Gasteiger charge is 2.21. The van der Waals surface area contributed by atoms with Crippen LogP contribution in [0.2, 0.25) is 0 Å². The zero-order valence-corrected chi connectivity index (χ0v) is 13.5. The van der Waals surface area contributed by atoms with Crippen LogP contribution in [0.1, 0.15) is 19.4 Å². The largest absolute Gasteiger partial charge is 0.459 e. The summed E-state index contributed by atoms with van der Waals surface area (Å²) in [5.41, 5.74) is 0.993. The molecule has 0 N–H and O–H groups in total. The van der Waals surface area contributed by atoms with Gasteiger partial charge in [-0.05, 0) is 38.3 Å². The van der Waals surface area contributed by atoms with Crippen LogP contribution in [0.15, 0.2) is 39.5 Å². The van der Waals surface area contributed by atoms with Crippen molar-refractivity contribution in [3.05, 3.63) is 40.1 Å². The Kier molecular flexibility index (Phi) is 5.83. The molecule has 0 aliphatic heterocycles. The average molecular weight is 314 g/mol. The highest BCUT2D eigenvalue weighted by atomic mass is 32.3. The van der Waals surface area contributed by atoms with E-state index in [-0.39, 0.29) is 9.13 Å². The summed E-state index contributed by atoms with van der Waals surface area (Å²) in [4.78, 5) is 11.1. The summed E-state index contributed by atoms with van der Waals surface area (Å²) in [6, 6.07) is 6.65. The van der Waals surface area contributed by atoms with Crippen LogP contribution in [0.25, 0.3) is 0 Å². The van der Waals surface area contributed by atoms with E-state index >= 15 is 0 Å². The standard InChI is InChI=1S/C14H18O4S2/c1-10-5-7-13(8-6-10)20(16,17)14(19-4)9-11(2)18-12(3)15/h5-9,11H,1-4H3/b14-9-/t11-/m1/s1. The molecule has 0 aliphatic rings. The third-order valence-electron chi connectivity index (χ3n) is 2.52. The van der Waals surface area contributed by atoms with Gasteiger partial charge in [0.1, 0.15) is 10.3 Å². The quantitative estimate of drug-likeness (QED) is 0.782. The Morgan fingerprint density at radius 3 is 2.30 bits per heavy atom. The molecule has 0 aliphatic carbocycles. The minimum absolute atomic E-state index is 0.176. The fourth-order valence-electron chi connectivity index (χ4n) is 1.59. The van der Waals surface area contributed by atoms with E-state index in [1.807, 2.05) is 6.92 Å². The lowest BCUT2D eigenvalue weighted by molar-refractivity contribution is -0.143. The minimum Gasteiger partial charge on any atom is -0.459 e. The highest BCUT2D eigenvalue weighted by Crippen LogP contribution is 2.27. The Bertz CT molecular complexity index is 601. The third-order valence-corrected chi connectivity index (χ3v) is 5.78. The molecule has 0 saturated carbocycles. The lowest BCUT2D eigenvalue weighted by Gasteiger charge is -2.11. The van der Waals surface area contributed by atoms with Gasteiger partial charge in [-0.3, -0.25) is 4.79 Å². The Balaban J connectivity index is 3.12. The Hall–Kier alpha value is -1.27. The summed E-state index contributed by atoms with van der Waals surface area (Å²) in [5.74, 6) is -0.443. The molecule has 0 aromatic heterocycles. The molecule has 1 atom stereocenters. The fraction of sp³-hybridized carbons (Fsp3) is 0.357. The maximum atomic E-state index is 12.5. The Morgan fingerprint density at radius 2 is 1.85 bits per heavy atom. The Morgan fingerprint density at radius 1 is 1.30 bits per heavy atom. The second-order valence-electron chi connectivity index (χ2n) is 4.32. The normalized spacial score (nSPS) is 13.9. The number of hydrogen-bond acceptors (Lipinski definition) is 5. The van der Waals surface area contributed by atoms with Crippen LogP contribution in [0, 0.1) is 6.92 Å². The number of benzene rings is 1. The lowest BCUT2D eigenvalue weighted by Crippen LogP contribution is -2.12. The summed E-state index contributed by atoms with van der Waals surface area (Å²) >= 11 is 1.11. The number of aryl methyl sites for hydroxylation is 1. The summed E-state index contributed by atoms with van der Waals surface area (Å²) in [6.45, 7) is 4.81. The zero-order valence-electron chi connectivity index (χ0n) is 11.9. The SMILES string of the molecule is CS/C(=C/[C@@H](C)OC(C)=O)S(=O)(=O)c1ccc(C)cc1. The van der Waals surface area contributed by atoms with Crippen molar-refractivity contribution < 1.29 is 17.9 Å². The topological polar surface area (TPSA) is 60.4 Å². The lowest BCUT2D eigenvalue weighted by atomic mass is 10.2. The number of rotatable bonds is 5. The highest BCUT2D eigenvalue weighted by molar-refractivity contribution is 8.18. The second kappa shape index (κ2) is 6.95. The van der Waals surface area contributed by atoms with Gasteiger partial charge < -0.3 is 4.74 Å². The van der Waals surface area contributed by atoms with Crippen LogP contribution >= 0.6 is 11.8 Å². The van der Waals surface area contributed by atoms with Gasteiger partial charge in [0.25, 0.3) is 0 Å². The molecule has 1 aromatic carbocycles. The monoisotopic (exact) mass is 314 g/mol. The van der Waals surface area contributed by atoms with Crippen molar-refractivity contribution in [2.75, 3.05) is 6.26 Å². The van der Waals surface area contributed by atoms with Gasteiger partial charge in [-0.15, -0.1) is 11.8 Å². The van der Waals surface area contributed by atoms with Gasteiger partial charge in [0.15, 0.2) is 0 Å². The predicted octanol–water partition coefficient (Wildman–Crippen LogP) is 2.92. The summed E-state index contributed by atoms with van der Waals surface area (Å²) in [6.07, 6.45) is 2.54. The van der Waals surface area contributed by atoms with Gasteiger partial charge in [0, 0.05) is 6.92 Å². The molecular weight excluding hydrogens is 296 g/mol. The summed E-state index contributed by atoms with van der Waals surface area (Å²) in [5, 5.41) is 0. The van der Waals surface area contributed by atoms with E-state index in [4.69, 9.17) is 4.74 Å². The van der Waals surface area contributed by atoms with E-state index in [2.05, 4.69) is 0 Å². The molecule has 0 amide bonds. The first kappa shape index (κ1) is 16.8. The predicted molar refractivity (Wildman–Crippen MR) is 81.2 cm³/mol. The van der Waals surface area contributed by atoms with Crippen LogP contribution in [-0.4, -0.2) is 26.7 Å². The molecule has 110 valence electrons. The first-order valence-corrected chi connectivity index (χ1v) is 8.73. The number of thioether (sulfide) groups is 1. The van der Waals surface area contributed by atoms with Crippen LogP contribution in [0.4, 0.5) is 0 Å². The Labute approximate surface area is 124 Å². The second-order valence-corrected chi connectivity index (χ2v) is 7.35. The molecule has 20 heavy (non-hydrogen) atoms. The summed E-state index contributed by atoms with van der Waals surface area (Å²) in [7, 11) is -3.57. The van der Waals surface area contributed by atoms with Gasteiger partial charge in [-0.25, -0.2) is 8.42 Å². The summed E-state index contributed by atoms with van der Waals surface area (Å²) < 4.78 is 30.0. The van der Waals surface area contributed by atoms with E-state index in [1.54, 1.807) is 37.4 Å². The molecule has 6 heteroatoms. The van der Waals surface area contributed by atoms with Gasteiger partial charge >= 0.3 is 5.97 Å². The van der Waals surface area contributed by atoms with Gasteiger partial charge in [0.2, 0.25) is 9.84 Å². The van der Waals surface area contributed by atoms with Crippen molar-refractivity contribution in [1.29, 1.82) is 0 Å². The maximum Gasteiger partial charge on any atom is 0.303 e. The van der Waals surface area contributed by atoms with E-state index in [1.165, 1.54) is 13.0 Å². The van der Waals surface area contributed by atoms with Crippen molar-refractivity contribution in [3.8, 4) is 0 Å². The van der Waals surface area contributed by atoms with Crippen molar-refractivity contribution in [1.82, 2.24) is 0 Å². The number of carbonyl (C=O) groups excluding carboxylic acids is 1. The van der Waals surface area contributed by atoms with Gasteiger partial charge in [-0.2, -0.15) is 0 Å². The molecule has 0 unspecified atom stereocenters. The van der Waals surface area contributed by atoms with Crippen molar-refractivity contribution in [2.45, 2.75) is 31.8 Å². The number of ether oxygens (including phenoxy) is 1. The molecule has 0 heterocycles. The van der Waals surface area contributed by atoms with E-state index in [0.717, 1.165) is 17.3 Å². The third kappa shape index (κ3) is 4.38. The van der Waals surface area contributed by atoms with E-state index in [9.17, 15) is 13.2 Å². The van der Waals surface area contributed by atoms with Crippen LogP contribution in [0.3, 0.4) is 0 Å². The molecular formula is C14H18O4S2. The van der Waals surface area contributed by atoms with Crippen LogP contribution in [0.5, 0.6) is 0 Å². The van der Waals surface area contributed by atoms with Crippen molar-refractivity contribution >= 4 is 27.6 Å². The van der Waals surface area contributed by atoms with Crippen LogP contribution in [-0.2, 0) is 19.4 Å². The smallest absolute Gasteiger partial charge is 0.303 e. The zero-order chi connectivity index (χ0) is 15.3. The molecule has 0 fully saturated rings. The maximum absolute atomic E-state index is 12.5. The van der Waals surface area contributed by atoms with E-state index in [0.29, 0.717) is 0 Å². The van der Waals surface area contributed by atoms with E-state index < -0.39 is 21.9 Å².